The molecule has 0 radical (unpaired) electrons. The minimum absolute atomic E-state index is 0.248. The van der Waals surface area contributed by atoms with E-state index in [9.17, 15) is 0 Å². The SMILES string of the molecule is CCc1cccnc1CNc1nc(N)ncc1Br. The van der Waals surface area contributed by atoms with Crippen LogP contribution in [-0.2, 0) is 13.0 Å². The summed E-state index contributed by atoms with van der Waals surface area (Å²) >= 11 is 3.38. The Labute approximate surface area is 114 Å². The van der Waals surface area contributed by atoms with Gasteiger partial charge in [-0.05, 0) is 34.0 Å². The van der Waals surface area contributed by atoms with Gasteiger partial charge in [-0.25, -0.2) is 4.98 Å². The first-order valence-corrected chi connectivity index (χ1v) is 6.44. The lowest BCUT2D eigenvalue weighted by Gasteiger charge is -2.09. The molecule has 0 spiro atoms. The molecule has 0 aliphatic rings. The molecule has 94 valence electrons. The molecule has 0 aromatic carbocycles. The quantitative estimate of drug-likeness (QED) is 0.907. The van der Waals surface area contributed by atoms with Crippen LogP contribution in [0, 0.1) is 0 Å². The third-order valence-corrected chi connectivity index (χ3v) is 3.13. The number of nitrogen functional groups attached to an aromatic ring is 1. The van der Waals surface area contributed by atoms with E-state index in [0.29, 0.717) is 12.4 Å². The summed E-state index contributed by atoms with van der Waals surface area (Å²) in [6.07, 6.45) is 4.38. The minimum Gasteiger partial charge on any atom is -0.368 e. The van der Waals surface area contributed by atoms with Gasteiger partial charge in [0.1, 0.15) is 5.82 Å². The molecule has 3 N–H and O–H groups in total. The van der Waals surface area contributed by atoms with E-state index in [1.54, 1.807) is 12.4 Å². The zero-order valence-electron chi connectivity index (χ0n) is 10.0. The third-order valence-electron chi connectivity index (χ3n) is 2.55. The molecule has 5 nitrogen and oxygen atoms in total. The number of nitrogens with two attached hydrogens (primary N) is 1. The Morgan fingerprint density at radius 3 is 3.00 bits per heavy atom. The number of rotatable bonds is 4. The van der Waals surface area contributed by atoms with E-state index in [2.05, 4.69) is 49.2 Å². The maximum absolute atomic E-state index is 5.55. The van der Waals surface area contributed by atoms with Crippen molar-refractivity contribution in [3.63, 3.8) is 0 Å². The molecule has 0 atom stereocenters. The summed E-state index contributed by atoms with van der Waals surface area (Å²) in [5.41, 5.74) is 7.80. The highest BCUT2D eigenvalue weighted by Crippen LogP contribution is 2.20. The fourth-order valence-corrected chi connectivity index (χ4v) is 1.96. The van der Waals surface area contributed by atoms with Gasteiger partial charge in [0.2, 0.25) is 5.95 Å². The Hall–Kier alpha value is -1.69. The van der Waals surface area contributed by atoms with Gasteiger partial charge in [-0.1, -0.05) is 13.0 Å². The van der Waals surface area contributed by atoms with Gasteiger partial charge in [0, 0.05) is 12.4 Å². The number of anilines is 2. The van der Waals surface area contributed by atoms with E-state index >= 15 is 0 Å². The second-order valence-electron chi connectivity index (χ2n) is 3.74. The van der Waals surface area contributed by atoms with E-state index in [0.717, 1.165) is 16.6 Å². The largest absolute Gasteiger partial charge is 0.368 e. The van der Waals surface area contributed by atoms with Crippen molar-refractivity contribution in [1.29, 1.82) is 0 Å². The Bertz CT molecular complexity index is 544. The Balaban J connectivity index is 2.14. The van der Waals surface area contributed by atoms with Crippen molar-refractivity contribution in [2.75, 3.05) is 11.1 Å². The second kappa shape index (κ2) is 5.77. The number of halogens is 1. The smallest absolute Gasteiger partial charge is 0.221 e. The highest BCUT2D eigenvalue weighted by molar-refractivity contribution is 9.10. The molecule has 0 saturated heterocycles. The van der Waals surface area contributed by atoms with E-state index in [-0.39, 0.29) is 5.95 Å². The van der Waals surface area contributed by atoms with Crippen LogP contribution >= 0.6 is 15.9 Å². The van der Waals surface area contributed by atoms with Crippen LogP contribution in [0.5, 0.6) is 0 Å². The molecule has 0 fully saturated rings. The first kappa shape index (κ1) is 12.8. The molecule has 0 aliphatic carbocycles. The summed E-state index contributed by atoms with van der Waals surface area (Å²) in [4.78, 5) is 12.4. The topological polar surface area (TPSA) is 76.7 Å². The summed E-state index contributed by atoms with van der Waals surface area (Å²) in [6, 6.07) is 4.02. The summed E-state index contributed by atoms with van der Waals surface area (Å²) in [5, 5.41) is 3.20. The van der Waals surface area contributed by atoms with Gasteiger partial charge in [0.15, 0.2) is 0 Å². The summed E-state index contributed by atoms with van der Waals surface area (Å²) in [6.45, 7) is 2.72. The van der Waals surface area contributed by atoms with Crippen LogP contribution in [0.25, 0.3) is 0 Å². The lowest BCUT2D eigenvalue weighted by molar-refractivity contribution is 0.960. The summed E-state index contributed by atoms with van der Waals surface area (Å²) < 4.78 is 0.783. The van der Waals surface area contributed by atoms with Crippen LogP contribution in [0.2, 0.25) is 0 Å². The second-order valence-corrected chi connectivity index (χ2v) is 4.60. The zero-order chi connectivity index (χ0) is 13.0. The standard InChI is InChI=1S/C12H14BrN5/c1-2-8-4-3-5-15-10(8)7-16-11-9(13)6-17-12(14)18-11/h3-6H,2,7H2,1H3,(H3,14,16,17,18). The van der Waals surface area contributed by atoms with E-state index < -0.39 is 0 Å². The van der Waals surface area contributed by atoms with Gasteiger partial charge in [-0.15, -0.1) is 0 Å². The first-order valence-electron chi connectivity index (χ1n) is 5.65. The van der Waals surface area contributed by atoms with E-state index in [1.807, 2.05) is 6.07 Å². The molecule has 0 aliphatic heterocycles. The normalized spacial score (nSPS) is 10.3. The van der Waals surface area contributed by atoms with Crippen LogP contribution in [0.1, 0.15) is 18.2 Å². The molecule has 0 amide bonds. The van der Waals surface area contributed by atoms with Crippen molar-refractivity contribution < 1.29 is 0 Å². The van der Waals surface area contributed by atoms with Gasteiger partial charge >= 0.3 is 0 Å². The molecular weight excluding hydrogens is 294 g/mol. The first-order chi connectivity index (χ1) is 8.70. The van der Waals surface area contributed by atoms with Gasteiger partial charge < -0.3 is 11.1 Å². The zero-order valence-corrected chi connectivity index (χ0v) is 11.6. The lowest BCUT2D eigenvalue weighted by atomic mass is 10.1. The number of aryl methyl sites for hydroxylation is 1. The Morgan fingerprint density at radius 1 is 1.39 bits per heavy atom. The maximum Gasteiger partial charge on any atom is 0.221 e. The van der Waals surface area contributed by atoms with Crippen LogP contribution in [-0.4, -0.2) is 15.0 Å². The number of hydrogen-bond acceptors (Lipinski definition) is 5. The highest BCUT2D eigenvalue weighted by Gasteiger charge is 2.05. The third kappa shape index (κ3) is 2.95. The van der Waals surface area contributed by atoms with Crippen molar-refractivity contribution in [1.82, 2.24) is 15.0 Å². The van der Waals surface area contributed by atoms with Crippen molar-refractivity contribution in [2.24, 2.45) is 0 Å². The van der Waals surface area contributed by atoms with Crippen molar-refractivity contribution in [3.05, 3.63) is 40.3 Å². The average Bonchev–Trinajstić information content (AvgIpc) is 2.40. The molecular formula is C12H14BrN5. The van der Waals surface area contributed by atoms with Gasteiger partial charge in [-0.2, -0.15) is 4.98 Å². The summed E-state index contributed by atoms with van der Waals surface area (Å²) in [7, 11) is 0. The lowest BCUT2D eigenvalue weighted by Crippen LogP contribution is -2.08. The highest BCUT2D eigenvalue weighted by atomic mass is 79.9. The monoisotopic (exact) mass is 307 g/mol. The fraction of sp³-hybridized carbons (Fsp3) is 0.250. The number of nitrogens with one attached hydrogen (secondary N) is 1. The van der Waals surface area contributed by atoms with Crippen LogP contribution in [0.4, 0.5) is 11.8 Å². The van der Waals surface area contributed by atoms with Crippen molar-refractivity contribution >= 4 is 27.7 Å². The fourth-order valence-electron chi connectivity index (χ4n) is 1.62. The molecule has 6 heteroatoms. The molecule has 0 saturated carbocycles. The molecule has 0 bridgehead atoms. The maximum atomic E-state index is 5.55. The van der Waals surface area contributed by atoms with Crippen LogP contribution in [0.15, 0.2) is 29.0 Å². The van der Waals surface area contributed by atoms with E-state index in [1.165, 1.54) is 5.56 Å². The molecule has 0 unspecified atom stereocenters. The van der Waals surface area contributed by atoms with Gasteiger partial charge in [0.25, 0.3) is 0 Å². The Kier molecular flexibility index (Phi) is 4.09. The van der Waals surface area contributed by atoms with Crippen molar-refractivity contribution in [2.45, 2.75) is 19.9 Å². The molecule has 2 aromatic heterocycles. The van der Waals surface area contributed by atoms with Crippen LogP contribution in [0.3, 0.4) is 0 Å². The predicted molar refractivity (Wildman–Crippen MR) is 75.1 cm³/mol. The van der Waals surface area contributed by atoms with Crippen LogP contribution < -0.4 is 11.1 Å². The summed E-state index contributed by atoms with van der Waals surface area (Å²) in [5.74, 6) is 0.924. The van der Waals surface area contributed by atoms with Gasteiger partial charge in [-0.3, -0.25) is 4.98 Å². The number of aromatic nitrogens is 3. The van der Waals surface area contributed by atoms with E-state index in [4.69, 9.17) is 5.73 Å². The molecule has 2 aromatic rings. The number of nitrogens with zero attached hydrogens (tertiary/aromatic N) is 3. The van der Waals surface area contributed by atoms with Crippen molar-refractivity contribution in [3.8, 4) is 0 Å². The number of hydrogen-bond donors (Lipinski definition) is 2. The molecule has 2 heterocycles. The average molecular weight is 308 g/mol. The Morgan fingerprint density at radius 2 is 2.22 bits per heavy atom. The molecule has 18 heavy (non-hydrogen) atoms. The molecule has 2 rings (SSSR count). The number of pyridine rings is 1. The minimum atomic E-state index is 0.248. The van der Waals surface area contributed by atoms with Gasteiger partial charge in [0.05, 0.1) is 16.7 Å². The predicted octanol–water partition coefficient (Wildman–Crippen LogP) is 2.39.